The first-order chi connectivity index (χ1) is 16.7. The zero-order chi connectivity index (χ0) is 25.0. The van der Waals surface area contributed by atoms with Crippen LogP contribution >= 0.6 is 11.6 Å². The lowest BCUT2D eigenvalue weighted by Crippen LogP contribution is -2.33. The van der Waals surface area contributed by atoms with Gasteiger partial charge in [-0.1, -0.05) is 35.9 Å². The molecule has 2 amide bonds. The molecule has 4 rings (SSSR count). The van der Waals surface area contributed by atoms with Crippen molar-refractivity contribution in [3.63, 3.8) is 0 Å². The highest BCUT2D eigenvalue weighted by Crippen LogP contribution is 2.25. The van der Waals surface area contributed by atoms with Gasteiger partial charge in [-0.15, -0.1) is 0 Å². The molecule has 0 radical (unpaired) electrons. The lowest BCUT2D eigenvalue weighted by Gasteiger charge is -2.11. The van der Waals surface area contributed by atoms with Crippen LogP contribution in [0, 0.1) is 6.92 Å². The normalized spacial score (nSPS) is 15.4. The predicted octanol–water partition coefficient (Wildman–Crippen LogP) is 4.94. The maximum Gasteiger partial charge on any atom is 0.341 e. The van der Waals surface area contributed by atoms with Crippen LogP contribution in [-0.2, 0) is 19.1 Å². The zero-order valence-corrected chi connectivity index (χ0v) is 20.4. The number of hydrogen-bond acceptors (Lipinski definition) is 6. The number of amides is 2. The van der Waals surface area contributed by atoms with Gasteiger partial charge in [-0.3, -0.25) is 0 Å². The van der Waals surface area contributed by atoms with Crippen molar-refractivity contribution in [1.82, 2.24) is 5.32 Å². The summed E-state index contributed by atoms with van der Waals surface area (Å²) in [5.74, 6) is -0.787. The smallest absolute Gasteiger partial charge is 0.341 e. The Hall–Kier alpha value is -3.40. The lowest BCUT2D eigenvalue weighted by molar-refractivity contribution is -0.135. The van der Waals surface area contributed by atoms with E-state index in [9.17, 15) is 18.0 Å². The Kier molecular flexibility index (Phi) is 7.39. The number of nitrogens with one attached hydrogen (secondary N) is 3. The van der Waals surface area contributed by atoms with E-state index >= 15 is 0 Å². The Balaban J connectivity index is 1.38. The van der Waals surface area contributed by atoms with E-state index in [1.807, 2.05) is 6.92 Å². The third-order valence-electron chi connectivity index (χ3n) is 5.59. The fourth-order valence-corrected chi connectivity index (χ4v) is 4.84. The monoisotopic (exact) mass is 513 g/mol. The maximum atomic E-state index is 12.4. The SMILES string of the molecule is Cc1cc(Cl)ccc1NC(=O)Nc1ccc(-c2ccc(S(=O)(=O)OC(=O)[C@@H]3CCCN3)cc2)cc1. The summed E-state index contributed by atoms with van der Waals surface area (Å²) in [5.41, 5.74) is 3.67. The van der Waals surface area contributed by atoms with Crippen LogP contribution in [-0.4, -0.2) is 33.0 Å². The molecule has 1 atom stereocenters. The molecule has 0 unspecified atom stereocenters. The van der Waals surface area contributed by atoms with E-state index in [1.165, 1.54) is 12.1 Å². The molecule has 3 aromatic carbocycles. The van der Waals surface area contributed by atoms with Crippen molar-refractivity contribution in [2.24, 2.45) is 0 Å². The van der Waals surface area contributed by atoms with Crippen molar-refractivity contribution >= 4 is 45.1 Å². The lowest BCUT2D eigenvalue weighted by atomic mass is 10.1. The first-order valence-electron chi connectivity index (χ1n) is 11.0. The van der Waals surface area contributed by atoms with E-state index in [2.05, 4.69) is 16.0 Å². The Morgan fingerprint density at radius 1 is 0.971 bits per heavy atom. The number of rotatable bonds is 6. The van der Waals surface area contributed by atoms with E-state index in [-0.39, 0.29) is 10.9 Å². The first kappa shape index (κ1) is 24.7. The van der Waals surface area contributed by atoms with Crippen molar-refractivity contribution in [2.45, 2.75) is 30.7 Å². The summed E-state index contributed by atoms with van der Waals surface area (Å²) in [7, 11) is -4.20. The molecule has 1 saturated heterocycles. The standard InChI is InChI=1S/C25H24ClN3O5S/c1-16-15-19(26)8-13-22(16)29-25(31)28-20-9-4-17(5-10-20)18-6-11-21(12-7-18)35(32,33)34-24(30)23-3-2-14-27-23/h4-13,15,23,27H,2-3,14H2,1H3,(H2,28,29,31)/t23-/m0/s1. The molecular weight excluding hydrogens is 490 g/mol. The molecule has 0 saturated carbocycles. The minimum absolute atomic E-state index is 0.0972. The van der Waals surface area contributed by atoms with E-state index in [0.29, 0.717) is 29.4 Å². The number of halogens is 1. The molecular formula is C25H24ClN3O5S. The molecule has 35 heavy (non-hydrogen) atoms. The largest absolute Gasteiger partial charge is 0.341 e. The van der Waals surface area contributed by atoms with Crippen LogP contribution in [0.5, 0.6) is 0 Å². The molecule has 8 nitrogen and oxygen atoms in total. The van der Waals surface area contributed by atoms with E-state index < -0.39 is 22.1 Å². The van der Waals surface area contributed by atoms with E-state index in [4.69, 9.17) is 15.8 Å². The molecule has 0 aromatic heterocycles. The van der Waals surface area contributed by atoms with Gasteiger partial charge >= 0.3 is 22.1 Å². The second kappa shape index (κ2) is 10.5. The quantitative estimate of drug-likeness (QED) is 0.402. The van der Waals surface area contributed by atoms with Crippen molar-refractivity contribution in [2.75, 3.05) is 17.2 Å². The van der Waals surface area contributed by atoms with Gasteiger partial charge in [0.1, 0.15) is 10.9 Å². The van der Waals surface area contributed by atoms with Gasteiger partial charge in [0.2, 0.25) is 0 Å². The van der Waals surface area contributed by atoms with Gasteiger partial charge < -0.3 is 20.1 Å². The molecule has 1 aliphatic heterocycles. The third-order valence-corrected chi connectivity index (χ3v) is 7.06. The number of carbonyl (C=O) groups is 2. The van der Waals surface area contributed by atoms with Crippen molar-refractivity contribution in [1.29, 1.82) is 0 Å². The summed E-state index contributed by atoms with van der Waals surface area (Å²) in [4.78, 5) is 24.3. The van der Waals surface area contributed by atoms with Crippen LogP contribution in [0.4, 0.5) is 16.2 Å². The highest BCUT2D eigenvalue weighted by Gasteiger charge is 2.29. The zero-order valence-electron chi connectivity index (χ0n) is 18.9. The Morgan fingerprint density at radius 2 is 1.63 bits per heavy atom. The van der Waals surface area contributed by atoms with E-state index in [0.717, 1.165) is 23.1 Å². The molecule has 0 bridgehead atoms. The van der Waals surface area contributed by atoms with Crippen LogP contribution in [0.25, 0.3) is 11.1 Å². The summed E-state index contributed by atoms with van der Waals surface area (Å²) in [5, 5.41) is 9.06. The topological polar surface area (TPSA) is 114 Å². The number of anilines is 2. The van der Waals surface area contributed by atoms with Gasteiger partial charge in [-0.05, 0) is 85.5 Å². The second-order valence-electron chi connectivity index (χ2n) is 8.15. The predicted molar refractivity (Wildman–Crippen MR) is 135 cm³/mol. The van der Waals surface area contributed by atoms with Crippen molar-refractivity contribution in [3.05, 3.63) is 77.3 Å². The number of carbonyl (C=O) groups excluding carboxylic acids is 2. The molecule has 0 aliphatic carbocycles. The second-order valence-corrected chi connectivity index (χ2v) is 10.1. The van der Waals surface area contributed by atoms with E-state index in [1.54, 1.807) is 54.6 Å². The van der Waals surface area contributed by atoms with Gasteiger partial charge in [0, 0.05) is 16.4 Å². The third kappa shape index (κ3) is 6.19. The first-order valence-corrected chi connectivity index (χ1v) is 12.8. The van der Waals surface area contributed by atoms with Gasteiger partial charge in [0.05, 0.1) is 0 Å². The van der Waals surface area contributed by atoms with Gasteiger partial charge in [0.15, 0.2) is 0 Å². The minimum atomic E-state index is -4.20. The van der Waals surface area contributed by atoms with Crippen LogP contribution < -0.4 is 16.0 Å². The summed E-state index contributed by atoms with van der Waals surface area (Å²) in [6, 6.07) is 17.4. The molecule has 1 heterocycles. The summed E-state index contributed by atoms with van der Waals surface area (Å²) in [6.07, 6.45) is 1.36. The van der Waals surface area contributed by atoms with Crippen LogP contribution in [0.15, 0.2) is 71.6 Å². The molecule has 0 spiro atoms. The fourth-order valence-electron chi connectivity index (χ4n) is 3.71. The molecule has 10 heteroatoms. The maximum absolute atomic E-state index is 12.4. The molecule has 1 fully saturated rings. The molecule has 1 aliphatic rings. The average molecular weight is 514 g/mol. The number of urea groups is 1. The van der Waals surface area contributed by atoms with Gasteiger partial charge in [0.25, 0.3) is 0 Å². The Bertz CT molecular complexity index is 1340. The highest BCUT2D eigenvalue weighted by atomic mass is 35.5. The van der Waals surface area contributed by atoms with Gasteiger partial charge in [-0.2, -0.15) is 8.42 Å². The van der Waals surface area contributed by atoms with Crippen LogP contribution in [0.1, 0.15) is 18.4 Å². The highest BCUT2D eigenvalue weighted by molar-refractivity contribution is 7.87. The number of benzene rings is 3. The van der Waals surface area contributed by atoms with Crippen molar-refractivity contribution < 1.29 is 22.2 Å². The summed E-state index contributed by atoms with van der Waals surface area (Å²) < 4.78 is 29.7. The number of hydrogen-bond donors (Lipinski definition) is 3. The van der Waals surface area contributed by atoms with Gasteiger partial charge in [-0.25, -0.2) is 9.59 Å². The number of aryl methyl sites for hydroxylation is 1. The Morgan fingerprint density at radius 3 is 2.23 bits per heavy atom. The Labute approximate surface area is 208 Å². The average Bonchev–Trinajstić information content (AvgIpc) is 3.37. The van der Waals surface area contributed by atoms with Crippen LogP contribution in [0.3, 0.4) is 0 Å². The fraction of sp³-hybridized carbons (Fsp3) is 0.200. The van der Waals surface area contributed by atoms with Crippen molar-refractivity contribution in [3.8, 4) is 11.1 Å². The molecule has 3 N–H and O–H groups in total. The minimum Gasteiger partial charge on any atom is -0.341 e. The molecule has 182 valence electrons. The summed E-state index contributed by atoms with van der Waals surface area (Å²) >= 11 is 5.94. The molecule has 3 aromatic rings. The van der Waals surface area contributed by atoms with Crippen LogP contribution in [0.2, 0.25) is 5.02 Å². The summed E-state index contributed by atoms with van der Waals surface area (Å²) in [6.45, 7) is 2.51.